The largest absolute Gasteiger partial charge is 0.506 e. The van der Waals surface area contributed by atoms with E-state index in [2.05, 4.69) is 0 Å². The Labute approximate surface area is 92.3 Å². The van der Waals surface area contributed by atoms with Crippen molar-refractivity contribution in [3.8, 4) is 5.75 Å². The summed E-state index contributed by atoms with van der Waals surface area (Å²) in [7, 11) is 0. The lowest BCUT2D eigenvalue weighted by molar-refractivity contribution is 0.0695. The van der Waals surface area contributed by atoms with E-state index in [0.717, 1.165) is 6.07 Å². The van der Waals surface area contributed by atoms with Crippen LogP contribution in [0, 0.1) is 0 Å². The van der Waals surface area contributed by atoms with E-state index >= 15 is 0 Å². The first kappa shape index (κ1) is 11.8. The summed E-state index contributed by atoms with van der Waals surface area (Å²) in [4.78, 5) is 10.9. The molecule has 0 radical (unpaired) electrons. The Kier molecular flexibility index (Phi) is 3.55. The molecule has 15 heavy (non-hydrogen) atoms. The van der Waals surface area contributed by atoms with Gasteiger partial charge in [0.2, 0.25) is 0 Å². The average molecular weight is 230 g/mol. The van der Waals surface area contributed by atoms with Crippen molar-refractivity contribution in [1.29, 1.82) is 0 Å². The number of hydrogen-bond donors (Lipinski definition) is 3. The number of phenols is 1. The van der Waals surface area contributed by atoms with Crippen molar-refractivity contribution in [3.63, 3.8) is 0 Å². The zero-order chi connectivity index (χ0) is 11.6. The molecule has 0 bridgehead atoms. The summed E-state index contributed by atoms with van der Waals surface area (Å²) in [6, 6.07) is 2.41. The minimum atomic E-state index is -1.10. The summed E-state index contributed by atoms with van der Waals surface area (Å²) < 4.78 is 0. The van der Waals surface area contributed by atoms with Crippen LogP contribution in [0.3, 0.4) is 0 Å². The zero-order valence-electron chi connectivity index (χ0n) is 8.20. The second-order valence-corrected chi connectivity index (χ2v) is 3.85. The molecule has 0 amide bonds. The number of aromatic hydroxyl groups is 1. The Morgan fingerprint density at radius 1 is 1.60 bits per heavy atom. The highest BCUT2D eigenvalue weighted by atomic mass is 35.5. The molecule has 1 aromatic rings. The van der Waals surface area contributed by atoms with Gasteiger partial charge in [-0.3, -0.25) is 0 Å². The Hall–Kier alpha value is -1.26. The van der Waals surface area contributed by atoms with Crippen molar-refractivity contribution >= 4 is 17.6 Å². The maximum atomic E-state index is 10.9. The fourth-order valence-electron chi connectivity index (χ4n) is 1.32. The van der Waals surface area contributed by atoms with E-state index in [1.165, 1.54) is 6.07 Å². The first-order valence-electron chi connectivity index (χ1n) is 4.42. The molecule has 0 spiro atoms. The van der Waals surface area contributed by atoms with Gasteiger partial charge in [-0.25, -0.2) is 4.79 Å². The van der Waals surface area contributed by atoms with Gasteiger partial charge in [0.1, 0.15) is 5.75 Å². The monoisotopic (exact) mass is 229 g/mol. The van der Waals surface area contributed by atoms with Crippen LogP contribution in [-0.2, 0) is 6.42 Å². The molecule has 1 atom stereocenters. The first-order valence-corrected chi connectivity index (χ1v) is 4.80. The molecule has 0 fully saturated rings. The van der Waals surface area contributed by atoms with Crippen LogP contribution >= 0.6 is 11.6 Å². The number of halogens is 1. The van der Waals surface area contributed by atoms with Gasteiger partial charge in [-0.15, -0.1) is 0 Å². The summed E-state index contributed by atoms with van der Waals surface area (Å²) in [5.41, 5.74) is 6.15. The van der Waals surface area contributed by atoms with Crippen LogP contribution in [0.4, 0.5) is 0 Å². The lowest BCUT2D eigenvalue weighted by Gasteiger charge is -2.10. The van der Waals surface area contributed by atoms with Gasteiger partial charge >= 0.3 is 5.97 Å². The first-order chi connectivity index (χ1) is 6.91. The molecule has 0 unspecified atom stereocenters. The van der Waals surface area contributed by atoms with E-state index in [4.69, 9.17) is 22.4 Å². The molecule has 0 aromatic heterocycles. The third-order valence-electron chi connectivity index (χ3n) is 1.94. The molecule has 4 N–H and O–H groups in total. The molecule has 1 aromatic carbocycles. The van der Waals surface area contributed by atoms with Gasteiger partial charge in [-0.1, -0.05) is 11.6 Å². The lowest BCUT2D eigenvalue weighted by Crippen LogP contribution is -2.19. The number of benzene rings is 1. The van der Waals surface area contributed by atoms with E-state index in [9.17, 15) is 9.90 Å². The summed E-state index contributed by atoms with van der Waals surface area (Å²) >= 11 is 5.69. The summed E-state index contributed by atoms with van der Waals surface area (Å²) in [6.45, 7) is 1.77. The number of rotatable bonds is 3. The zero-order valence-corrected chi connectivity index (χ0v) is 8.95. The fraction of sp³-hybridized carbons (Fsp3) is 0.300. The van der Waals surface area contributed by atoms with Crippen molar-refractivity contribution in [2.45, 2.75) is 19.4 Å². The second kappa shape index (κ2) is 4.51. The summed E-state index contributed by atoms with van der Waals surface area (Å²) in [5.74, 6) is -1.33. The molecule has 4 nitrogen and oxygen atoms in total. The Morgan fingerprint density at radius 3 is 2.67 bits per heavy atom. The third kappa shape index (κ3) is 2.84. The number of carbonyl (C=O) groups is 1. The number of aromatic carboxylic acids is 1. The highest BCUT2D eigenvalue weighted by molar-refractivity contribution is 6.32. The van der Waals surface area contributed by atoms with Gasteiger partial charge in [-0.05, 0) is 31.0 Å². The molecule has 82 valence electrons. The van der Waals surface area contributed by atoms with Crippen LogP contribution in [0.1, 0.15) is 22.8 Å². The molecule has 5 heteroatoms. The molecule has 0 heterocycles. The van der Waals surface area contributed by atoms with E-state index in [1.54, 1.807) is 6.92 Å². The number of carboxylic acids is 1. The van der Waals surface area contributed by atoms with Crippen molar-refractivity contribution < 1.29 is 15.0 Å². The molecule has 1 rings (SSSR count). The molecule has 0 aliphatic heterocycles. The second-order valence-electron chi connectivity index (χ2n) is 3.45. The van der Waals surface area contributed by atoms with E-state index in [-0.39, 0.29) is 22.4 Å². The van der Waals surface area contributed by atoms with E-state index < -0.39 is 5.97 Å². The third-order valence-corrected chi connectivity index (χ3v) is 2.25. The fourth-order valence-corrected chi connectivity index (χ4v) is 1.50. The minimum absolute atomic E-state index is 0.0363. The van der Waals surface area contributed by atoms with Crippen LogP contribution in [-0.4, -0.2) is 22.2 Å². The van der Waals surface area contributed by atoms with E-state index in [1.807, 2.05) is 0 Å². The summed E-state index contributed by atoms with van der Waals surface area (Å²) in [6.07, 6.45) is 0.404. The number of phenolic OH excluding ortho intramolecular Hbond substituents is 1. The van der Waals surface area contributed by atoms with Gasteiger partial charge in [0.15, 0.2) is 0 Å². The van der Waals surface area contributed by atoms with Gasteiger partial charge in [0.05, 0.1) is 10.6 Å². The maximum Gasteiger partial charge on any atom is 0.336 e. The van der Waals surface area contributed by atoms with Crippen LogP contribution in [0.15, 0.2) is 12.1 Å². The average Bonchev–Trinajstić information content (AvgIpc) is 2.09. The van der Waals surface area contributed by atoms with Crippen LogP contribution in [0.5, 0.6) is 5.75 Å². The highest BCUT2D eigenvalue weighted by Crippen LogP contribution is 2.27. The normalized spacial score (nSPS) is 12.5. The van der Waals surface area contributed by atoms with Crippen molar-refractivity contribution in [2.24, 2.45) is 5.73 Å². The molecular weight excluding hydrogens is 218 g/mol. The van der Waals surface area contributed by atoms with Crippen LogP contribution < -0.4 is 5.73 Å². The topological polar surface area (TPSA) is 83.5 Å². The van der Waals surface area contributed by atoms with Crippen LogP contribution in [0.2, 0.25) is 5.02 Å². The predicted molar refractivity (Wildman–Crippen MR) is 57.4 cm³/mol. The number of hydrogen-bond acceptors (Lipinski definition) is 3. The van der Waals surface area contributed by atoms with Crippen molar-refractivity contribution in [2.75, 3.05) is 0 Å². The maximum absolute atomic E-state index is 10.9. The Morgan fingerprint density at radius 2 is 2.20 bits per heavy atom. The van der Waals surface area contributed by atoms with Gasteiger partial charge in [0.25, 0.3) is 0 Å². The van der Waals surface area contributed by atoms with Crippen molar-refractivity contribution in [1.82, 2.24) is 0 Å². The standard InChI is InChI=1S/C10H12ClNO3/c1-5(12)2-6-3-8(11)9(13)4-7(6)10(14)15/h3-5,13H,2,12H2,1H3,(H,14,15)/t5-/m1/s1. The highest BCUT2D eigenvalue weighted by Gasteiger charge is 2.14. The molecule has 0 aliphatic carbocycles. The van der Waals surface area contributed by atoms with Crippen LogP contribution in [0.25, 0.3) is 0 Å². The Bertz CT molecular complexity index is 390. The van der Waals surface area contributed by atoms with E-state index in [0.29, 0.717) is 12.0 Å². The smallest absolute Gasteiger partial charge is 0.336 e. The Balaban J connectivity index is 3.22. The lowest BCUT2D eigenvalue weighted by atomic mass is 10.0. The number of carboxylic acid groups (broad SMARTS) is 1. The van der Waals surface area contributed by atoms with Gasteiger partial charge < -0.3 is 15.9 Å². The minimum Gasteiger partial charge on any atom is -0.506 e. The van der Waals surface area contributed by atoms with Gasteiger partial charge in [0, 0.05) is 6.04 Å². The van der Waals surface area contributed by atoms with Crippen molar-refractivity contribution in [3.05, 3.63) is 28.3 Å². The predicted octanol–water partition coefficient (Wildman–Crippen LogP) is 1.63. The molecule has 0 saturated heterocycles. The van der Waals surface area contributed by atoms with Gasteiger partial charge in [-0.2, -0.15) is 0 Å². The molecule has 0 saturated carbocycles. The number of nitrogens with two attached hydrogens (primary N) is 1. The molecular formula is C10H12ClNO3. The quantitative estimate of drug-likeness (QED) is 0.736. The SMILES string of the molecule is C[C@@H](N)Cc1cc(Cl)c(O)cc1C(=O)O. The molecule has 0 aliphatic rings. The summed E-state index contributed by atoms with van der Waals surface area (Å²) in [5, 5.41) is 18.3.